The number of fused-ring (bicyclic) bond motifs is 1. The number of oxazole rings is 1. The fraction of sp³-hybridized carbons (Fsp3) is 0.632. The molecule has 0 aromatic carbocycles. The van der Waals surface area contributed by atoms with E-state index in [0.29, 0.717) is 12.4 Å². The van der Waals surface area contributed by atoms with Gasteiger partial charge in [0, 0.05) is 24.4 Å². The van der Waals surface area contributed by atoms with Gasteiger partial charge < -0.3 is 15.1 Å². The fourth-order valence-corrected chi connectivity index (χ4v) is 4.25. The summed E-state index contributed by atoms with van der Waals surface area (Å²) in [5, 5.41) is 7.94. The number of aryl methyl sites for hydroxylation is 5. The molecule has 150 valence electrons. The largest absolute Gasteiger partial charge is 0.444 e. The van der Waals surface area contributed by atoms with Crippen molar-refractivity contribution in [3.05, 3.63) is 32.9 Å². The third-order valence-electron chi connectivity index (χ3n) is 4.54. The summed E-state index contributed by atoms with van der Waals surface area (Å²) in [6, 6.07) is 0. The Bertz CT molecular complexity index is 712. The number of aliphatic imine (C=N–C) groups is 1. The molecule has 2 heterocycles. The number of hydrogen-bond acceptors (Lipinski definition) is 5. The minimum Gasteiger partial charge on any atom is -0.444 e. The van der Waals surface area contributed by atoms with Gasteiger partial charge in [-0.3, -0.25) is 0 Å². The van der Waals surface area contributed by atoms with E-state index in [1.807, 2.05) is 25.2 Å². The van der Waals surface area contributed by atoms with Crippen molar-refractivity contribution < 1.29 is 4.42 Å². The summed E-state index contributed by atoms with van der Waals surface area (Å²) in [5.41, 5.74) is 2.29. The topological polar surface area (TPSA) is 75.3 Å². The van der Waals surface area contributed by atoms with Gasteiger partial charge in [-0.25, -0.2) is 15.0 Å². The maximum Gasteiger partial charge on any atom is 0.216 e. The minimum absolute atomic E-state index is 0. The lowest BCUT2D eigenvalue weighted by molar-refractivity contribution is 0.473. The second kappa shape index (κ2) is 11.0. The summed E-state index contributed by atoms with van der Waals surface area (Å²) < 4.78 is 5.59. The molecule has 0 bridgehead atoms. The molecule has 0 aliphatic heterocycles. The van der Waals surface area contributed by atoms with Crippen molar-refractivity contribution in [2.45, 2.75) is 65.8 Å². The molecular weight excluding hydrogens is 473 g/mol. The number of guanidine groups is 1. The van der Waals surface area contributed by atoms with E-state index in [1.165, 1.54) is 41.3 Å². The molecule has 2 aromatic rings. The summed E-state index contributed by atoms with van der Waals surface area (Å²) in [5.74, 6) is 2.32. The van der Waals surface area contributed by atoms with Crippen LogP contribution in [0.25, 0.3) is 0 Å². The third-order valence-corrected chi connectivity index (χ3v) is 5.76. The molecule has 0 saturated carbocycles. The van der Waals surface area contributed by atoms with Gasteiger partial charge >= 0.3 is 0 Å². The van der Waals surface area contributed by atoms with Gasteiger partial charge in [-0.15, -0.1) is 35.3 Å². The molecule has 3 rings (SSSR count). The maximum absolute atomic E-state index is 5.59. The quantitative estimate of drug-likeness (QED) is 0.259. The van der Waals surface area contributed by atoms with Crippen LogP contribution in [0.4, 0.5) is 0 Å². The van der Waals surface area contributed by atoms with E-state index in [0.717, 1.165) is 43.3 Å². The molecule has 0 unspecified atom stereocenters. The number of halogens is 1. The lowest BCUT2D eigenvalue weighted by atomic mass is 10.0. The van der Waals surface area contributed by atoms with E-state index >= 15 is 0 Å². The standard InChI is InChI=1S/C19H29N5OS.HI/c1-4-20-19(22-12-17-23-13(2)14(3)25-17)21-11-7-10-18-24-15-8-5-6-9-16(15)26-18;/h4-12H2,1-3H3,(H2,20,21,22);1H. The lowest BCUT2D eigenvalue weighted by Crippen LogP contribution is -2.37. The number of rotatable bonds is 7. The molecule has 0 amide bonds. The predicted molar refractivity (Wildman–Crippen MR) is 121 cm³/mol. The summed E-state index contributed by atoms with van der Waals surface area (Å²) >= 11 is 1.91. The molecule has 2 aromatic heterocycles. The van der Waals surface area contributed by atoms with Crippen LogP contribution in [0.15, 0.2) is 9.41 Å². The first-order chi connectivity index (χ1) is 12.7. The van der Waals surface area contributed by atoms with Crippen LogP contribution in [0.3, 0.4) is 0 Å². The van der Waals surface area contributed by atoms with E-state index in [9.17, 15) is 0 Å². The molecule has 1 aliphatic rings. The summed E-state index contributed by atoms with van der Waals surface area (Å²) in [6.07, 6.45) is 7.09. The van der Waals surface area contributed by atoms with Crippen LogP contribution in [0.5, 0.6) is 0 Å². The van der Waals surface area contributed by atoms with Crippen molar-refractivity contribution in [3.8, 4) is 0 Å². The molecule has 1 aliphatic carbocycles. The highest BCUT2D eigenvalue weighted by Gasteiger charge is 2.14. The number of nitrogens with zero attached hydrogens (tertiary/aromatic N) is 3. The van der Waals surface area contributed by atoms with Crippen LogP contribution in [0.2, 0.25) is 0 Å². The van der Waals surface area contributed by atoms with Gasteiger partial charge in [0.15, 0.2) is 5.96 Å². The highest BCUT2D eigenvalue weighted by molar-refractivity contribution is 14.0. The normalized spacial score (nSPS) is 13.8. The summed E-state index contributed by atoms with van der Waals surface area (Å²) in [6.45, 7) is 8.09. The van der Waals surface area contributed by atoms with Gasteiger partial charge in [0.1, 0.15) is 12.3 Å². The van der Waals surface area contributed by atoms with E-state index in [2.05, 4.69) is 27.5 Å². The van der Waals surface area contributed by atoms with Gasteiger partial charge in [-0.1, -0.05) is 0 Å². The first-order valence-corrected chi connectivity index (χ1v) is 10.4. The Morgan fingerprint density at radius 1 is 1.19 bits per heavy atom. The van der Waals surface area contributed by atoms with Crippen molar-refractivity contribution in [2.75, 3.05) is 13.1 Å². The van der Waals surface area contributed by atoms with Crippen molar-refractivity contribution in [1.82, 2.24) is 20.6 Å². The zero-order valence-corrected chi connectivity index (χ0v) is 19.6. The number of hydrogen-bond donors (Lipinski definition) is 2. The Morgan fingerprint density at radius 2 is 2.00 bits per heavy atom. The summed E-state index contributed by atoms with van der Waals surface area (Å²) in [4.78, 5) is 15.3. The van der Waals surface area contributed by atoms with Crippen LogP contribution in [-0.4, -0.2) is 29.0 Å². The molecule has 2 N–H and O–H groups in total. The molecule has 8 heteroatoms. The zero-order valence-electron chi connectivity index (χ0n) is 16.4. The van der Waals surface area contributed by atoms with Gasteiger partial charge in [0.25, 0.3) is 0 Å². The van der Waals surface area contributed by atoms with Crippen molar-refractivity contribution in [3.63, 3.8) is 0 Å². The van der Waals surface area contributed by atoms with Crippen LogP contribution in [-0.2, 0) is 25.8 Å². The fourth-order valence-electron chi connectivity index (χ4n) is 3.05. The van der Waals surface area contributed by atoms with E-state index in [-0.39, 0.29) is 24.0 Å². The lowest BCUT2D eigenvalue weighted by Gasteiger charge is -2.10. The Balaban J connectivity index is 0.00000261. The van der Waals surface area contributed by atoms with E-state index < -0.39 is 0 Å². The smallest absolute Gasteiger partial charge is 0.216 e. The zero-order chi connectivity index (χ0) is 18.4. The molecule has 27 heavy (non-hydrogen) atoms. The van der Waals surface area contributed by atoms with Crippen LogP contribution < -0.4 is 10.6 Å². The molecular formula is C19H30IN5OS. The number of aromatic nitrogens is 2. The summed E-state index contributed by atoms with van der Waals surface area (Å²) in [7, 11) is 0. The number of thiazole rings is 1. The Morgan fingerprint density at radius 3 is 2.70 bits per heavy atom. The van der Waals surface area contributed by atoms with Crippen molar-refractivity contribution in [1.29, 1.82) is 0 Å². The average Bonchev–Trinajstić information content (AvgIpc) is 3.19. The molecule has 0 spiro atoms. The van der Waals surface area contributed by atoms with Gasteiger partial charge in [0.05, 0.1) is 16.4 Å². The molecule has 0 fully saturated rings. The Labute approximate surface area is 182 Å². The predicted octanol–water partition coefficient (Wildman–Crippen LogP) is 3.93. The SMILES string of the molecule is CCNC(=NCc1nc(C)c(C)o1)NCCCc1nc2c(s1)CCCC2.I. The van der Waals surface area contributed by atoms with Gasteiger partial charge in [0.2, 0.25) is 5.89 Å². The number of nitrogens with one attached hydrogen (secondary N) is 2. The molecule has 6 nitrogen and oxygen atoms in total. The molecule has 0 atom stereocenters. The van der Waals surface area contributed by atoms with E-state index in [1.54, 1.807) is 0 Å². The molecule has 0 saturated heterocycles. The Kier molecular flexibility index (Phi) is 9.01. The highest BCUT2D eigenvalue weighted by atomic mass is 127. The van der Waals surface area contributed by atoms with Crippen molar-refractivity contribution >= 4 is 41.3 Å². The monoisotopic (exact) mass is 503 g/mol. The first-order valence-electron chi connectivity index (χ1n) is 9.58. The van der Waals surface area contributed by atoms with Crippen LogP contribution >= 0.6 is 35.3 Å². The second-order valence-corrected chi connectivity index (χ2v) is 7.83. The Hall–Kier alpha value is -1.16. The van der Waals surface area contributed by atoms with Gasteiger partial charge in [-0.05, 0) is 52.9 Å². The van der Waals surface area contributed by atoms with Gasteiger partial charge in [-0.2, -0.15) is 0 Å². The average molecular weight is 503 g/mol. The van der Waals surface area contributed by atoms with Crippen LogP contribution in [0, 0.1) is 13.8 Å². The van der Waals surface area contributed by atoms with Crippen LogP contribution in [0.1, 0.15) is 59.1 Å². The maximum atomic E-state index is 5.59. The van der Waals surface area contributed by atoms with Crippen molar-refractivity contribution in [2.24, 2.45) is 4.99 Å². The highest BCUT2D eigenvalue weighted by Crippen LogP contribution is 2.27. The minimum atomic E-state index is 0. The second-order valence-electron chi connectivity index (χ2n) is 6.66. The third kappa shape index (κ3) is 6.44. The molecule has 0 radical (unpaired) electrons. The first kappa shape index (κ1) is 22.1. The van der Waals surface area contributed by atoms with E-state index in [4.69, 9.17) is 9.40 Å².